The van der Waals surface area contributed by atoms with Crippen LogP contribution < -0.4 is 4.90 Å². The first-order valence-corrected chi connectivity index (χ1v) is 4.19. The topological polar surface area (TPSA) is 44.3 Å². The molecule has 0 fully saturated rings. The smallest absolute Gasteiger partial charge is 0.135 e. The molecule has 2 heterocycles. The van der Waals surface area contributed by atoms with E-state index in [1.54, 1.807) is 18.9 Å². The molecule has 0 radical (unpaired) electrons. The highest BCUT2D eigenvalue weighted by Gasteiger charge is 2.16. The summed E-state index contributed by atoms with van der Waals surface area (Å²) in [5.41, 5.74) is -0.0868. The van der Waals surface area contributed by atoms with E-state index < -0.39 is 0 Å². The van der Waals surface area contributed by atoms with Crippen LogP contribution in [0, 0.1) is 0 Å². The number of imidazole rings is 1. The van der Waals surface area contributed by atoms with Crippen LogP contribution in [0.4, 0.5) is 5.82 Å². The number of rotatable bonds is 1. The third-order valence-electron chi connectivity index (χ3n) is 1.92. The van der Waals surface area contributed by atoms with Gasteiger partial charge >= 0.3 is 0 Å². The molecule has 4 heteroatoms. The highest BCUT2D eigenvalue weighted by atomic mass is 15.2. The van der Waals surface area contributed by atoms with Crippen molar-refractivity contribution < 1.29 is 0 Å². The van der Waals surface area contributed by atoms with Crippen LogP contribution in [-0.2, 0) is 0 Å². The Morgan fingerprint density at radius 1 is 1.46 bits per heavy atom. The monoisotopic (exact) mass is 176 g/mol. The number of hydrogen-bond acceptors (Lipinski definition) is 3. The van der Waals surface area contributed by atoms with Crippen molar-refractivity contribution in [1.82, 2.24) is 9.97 Å². The summed E-state index contributed by atoms with van der Waals surface area (Å²) in [5.74, 6) is 0.926. The van der Waals surface area contributed by atoms with Crippen molar-refractivity contribution in [3.8, 4) is 0 Å². The van der Waals surface area contributed by atoms with Gasteiger partial charge in [0.2, 0.25) is 0 Å². The first kappa shape index (κ1) is 8.04. The first-order valence-electron chi connectivity index (χ1n) is 4.19. The highest BCUT2D eigenvalue weighted by Crippen LogP contribution is 2.17. The summed E-state index contributed by atoms with van der Waals surface area (Å²) >= 11 is 0. The van der Waals surface area contributed by atoms with E-state index in [1.165, 1.54) is 0 Å². The molecular formula is C9H12N4. The third-order valence-corrected chi connectivity index (χ3v) is 1.92. The fourth-order valence-electron chi connectivity index (χ4n) is 1.09. The van der Waals surface area contributed by atoms with Gasteiger partial charge in [0.15, 0.2) is 0 Å². The summed E-state index contributed by atoms with van der Waals surface area (Å²) in [6.07, 6.45) is 9.24. The average molecular weight is 176 g/mol. The molecule has 0 saturated carbocycles. The van der Waals surface area contributed by atoms with E-state index in [1.807, 2.05) is 17.2 Å². The molecule has 0 unspecified atom stereocenters. The summed E-state index contributed by atoms with van der Waals surface area (Å²) in [6, 6.07) is 0. The Labute approximate surface area is 77.0 Å². The molecule has 1 N–H and O–H groups in total. The molecule has 0 bridgehead atoms. The van der Waals surface area contributed by atoms with Crippen molar-refractivity contribution in [3.05, 3.63) is 24.8 Å². The number of H-pyrrole nitrogens is 1. The van der Waals surface area contributed by atoms with Gasteiger partial charge in [-0.2, -0.15) is 0 Å². The Bertz CT molecular complexity index is 319. The van der Waals surface area contributed by atoms with Crippen LogP contribution in [0.25, 0.3) is 0 Å². The molecule has 0 amide bonds. The lowest BCUT2D eigenvalue weighted by molar-refractivity contribution is 0.651. The lowest BCUT2D eigenvalue weighted by atomic mass is 10.1. The van der Waals surface area contributed by atoms with E-state index in [0.717, 1.165) is 5.82 Å². The summed E-state index contributed by atoms with van der Waals surface area (Å²) in [6.45, 7) is 4.12. The maximum absolute atomic E-state index is 4.37. The molecule has 1 aromatic rings. The van der Waals surface area contributed by atoms with Crippen LogP contribution in [0.1, 0.15) is 13.8 Å². The molecule has 0 aromatic carbocycles. The molecule has 2 rings (SSSR count). The number of aromatic nitrogens is 2. The highest BCUT2D eigenvalue weighted by molar-refractivity contribution is 5.81. The number of aromatic amines is 1. The quantitative estimate of drug-likeness (QED) is 0.705. The van der Waals surface area contributed by atoms with Gasteiger partial charge in [-0.1, -0.05) is 0 Å². The number of aliphatic imine (C=N–C) groups is 1. The van der Waals surface area contributed by atoms with Crippen molar-refractivity contribution in [2.24, 2.45) is 4.99 Å². The van der Waals surface area contributed by atoms with Crippen molar-refractivity contribution in [1.29, 1.82) is 0 Å². The third kappa shape index (κ3) is 1.61. The molecule has 1 aliphatic rings. The predicted octanol–water partition coefficient (Wildman–Crippen LogP) is 1.55. The number of anilines is 1. The predicted molar refractivity (Wildman–Crippen MR) is 52.8 cm³/mol. The number of hydrogen-bond donors (Lipinski definition) is 1. The van der Waals surface area contributed by atoms with Gasteiger partial charge in [-0.3, -0.25) is 9.89 Å². The van der Waals surface area contributed by atoms with Gasteiger partial charge in [0, 0.05) is 6.20 Å². The minimum atomic E-state index is -0.0868. The molecular weight excluding hydrogens is 164 g/mol. The van der Waals surface area contributed by atoms with Crippen molar-refractivity contribution in [3.63, 3.8) is 0 Å². The molecule has 0 aliphatic carbocycles. The fourth-order valence-corrected chi connectivity index (χ4v) is 1.09. The zero-order chi connectivity index (χ0) is 9.31. The number of nitrogens with one attached hydrogen (secondary N) is 1. The van der Waals surface area contributed by atoms with Gasteiger partial charge in [-0.15, -0.1) is 0 Å². The van der Waals surface area contributed by atoms with Gasteiger partial charge in [0.05, 0.1) is 24.4 Å². The van der Waals surface area contributed by atoms with Gasteiger partial charge in [0.25, 0.3) is 0 Å². The van der Waals surface area contributed by atoms with E-state index in [-0.39, 0.29) is 5.54 Å². The Hall–Kier alpha value is -1.58. The molecule has 0 atom stereocenters. The molecule has 4 nitrogen and oxygen atoms in total. The van der Waals surface area contributed by atoms with Gasteiger partial charge in [-0.25, -0.2) is 4.98 Å². The molecule has 0 saturated heterocycles. The minimum absolute atomic E-state index is 0.0868. The molecule has 13 heavy (non-hydrogen) atoms. The van der Waals surface area contributed by atoms with Gasteiger partial charge in [-0.05, 0) is 19.9 Å². The van der Waals surface area contributed by atoms with Crippen LogP contribution >= 0.6 is 0 Å². The maximum Gasteiger partial charge on any atom is 0.135 e. The van der Waals surface area contributed by atoms with E-state index in [9.17, 15) is 0 Å². The van der Waals surface area contributed by atoms with Gasteiger partial charge in [0.1, 0.15) is 5.82 Å². The first-order chi connectivity index (χ1) is 6.17. The Morgan fingerprint density at radius 3 is 2.85 bits per heavy atom. The zero-order valence-corrected chi connectivity index (χ0v) is 7.73. The summed E-state index contributed by atoms with van der Waals surface area (Å²) in [7, 11) is 0. The van der Waals surface area contributed by atoms with E-state index >= 15 is 0 Å². The van der Waals surface area contributed by atoms with E-state index in [4.69, 9.17) is 0 Å². The Morgan fingerprint density at radius 2 is 2.31 bits per heavy atom. The Balaban J connectivity index is 2.20. The van der Waals surface area contributed by atoms with Crippen LogP contribution in [0.2, 0.25) is 0 Å². The van der Waals surface area contributed by atoms with Crippen molar-refractivity contribution in [2.75, 3.05) is 4.90 Å². The summed E-state index contributed by atoms with van der Waals surface area (Å²) in [5, 5.41) is 0. The second-order valence-electron chi connectivity index (χ2n) is 3.56. The van der Waals surface area contributed by atoms with Crippen molar-refractivity contribution >= 4 is 12.2 Å². The lowest BCUT2D eigenvalue weighted by Crippen LogP contribution is -2.25. The summed E-state index contributed by atoms with van der Waals surface area (Å²) in [4.78, 5) is 13.2. The maximum atomic E-state index is 4.37. The average Bonchev–Trinajstić information content (AvgIpc) is 2.56. The minimum Gasteiger partial charge on any atom is -0.331 e. The molecule has 1 aliphatic heterocycles. The fraction of sp³-hybridized carbons (Fsp3) is 0.333. The largest absolute Gasteiger partial charge is 0.331 e. The van der Waals surface area contributed by atoms with Crippen LogP contribution in [0.5, 0.6) is 0 Å². The second-order valence-corrected chi connectivity index (χ2v) is 3.56. The summed E-state index contributed by atoms with van der Waals surface area (Å²) < 4.78 is 0. The number of nitrogens with zero attached hydrogens (tertiary/aromatic N) is 3. The molecule has 1 aromatic heterocycles. The SMILES string of the molecule is CC1(C)C=CN(c2cnc[nH]2)C=N1. The normalized spacial score (nSPS) is 19.4. The zero-order valence-electron chi connectivity index (χ0n) is 7.73. The van der Waals surface area contributed by atoms with Crippen molar-refractivity contribution in [2.45, 2.75) is 19.4 Å². The van der Waals surface area contributed by atoms with E-state index in [2.05, 4.69) is 28.8 Å². The second kappa shape index (κ2) is 2.73. The standard InChI is InChI=1S/C9H12N4/c1-9(2)3-4-13(7-12-9)8-5-10-6-11-8/h3-7H,1-2H3,(H,10,11). The van der Waals surface area contributed by atoms with Gasteiger partial charge < -0.3 is 4.98 Å². The Kier molecular flexibility index (Phi) is 1.69. The molecule has 68 valence electrons. The lowest BCUT2D eigenvalue weighted by Gasteiger charge is -2.23. The molecule has 0 spiro atoms. The van der Waals surface area contributed by atoms with Crippen LogP contribution in [0.15, 0.2) is 29.8 Å². The van der Waals surface area contributed by atoms with Crippen LogP contribution in [0.3, 0.4) is 0 Å². The van der Waals surface area contributed by atoms with Crippen LogP contribution in [-0.4, -0.2) is 21.8 Å². The van der Waals surface area contributed by atoms with E-state index in [0.29, 0.717) is 0 Å².